The van der Waals surface area contributed by atoms with Crippen LogP contribution in [0.4, 0.5) is 14.9 Å². The Morgan fingerprint density at radius 1 is 1.10 bits per heavy atom. The summed E-state index contributed by atoms with van der Waals surface area (Å²) in [5, 5.41) is 2.85. The van der Waals surface area contributed by atoms with E-state index in [9.17, 15) is 17.6 Å². The summed E-state index contributed by atoms with van der Waals surface area (Å²) >= 11 is 0. The molecule has 2 aromatic rings. The van der Waals surface area contributed by atoms with Crippen molar-refractivity contribution in [2.75, 3.05) is 31.6 Å². The molecule has 1 N–H and O–H groups in total. The third kappa shape index (κ3) is 3.80. The van der Waals surface area contributed by atoms with E-state index in [1.165, 1.54) is 16.4 Å². The minimum absolute atomic E-state index is 0.0815. The minimum atomic E-state index is -3.86. The maximum Gasteiger partial charge on any atom is 0.321 e. The van der Waals surface area contributed by atoms with Gasteiger partial charge < -0.3 is 15.0 Å². The number of aryl methyl sites for hydroxylation is 1. The van der Waals surface area contributed by atoms with E-state index in [1.807, 2.05) is 30.3 Å². The molecule has 0 saturated carbocycles. The summed E-state index contributed by atoms with van der Waals surface area (Å²) in [6.45, 7) is 2.83. The maximum absolute atomic E-state index is 13.5. The second-order valence-corrected chi connectivity index (χ2v) is 9.40. The van der Waals surface area contributed by atoms with Gasteiger partial charge in [-0.05, 0) is 42.8 Å². The van der Waals surface area contributed by atoms with Crippen LogP contribution in [0.1, 0.15) is 18.4 Å². The summed E-state index contributed by atoms with van der Waals surface area (Å²) in [6.07, 6.45) is 0.739. The average Bonchev–Trinajstić information content (AvgIpc) is 3.13. The van der Waals surface area contributed by atoms with Gasteiger partial charge in [-0.15, -0.1) is 0 Å². The number of sulfonamides is 1. The van der Waals surface area contributed by atoms with Crippen LogP contribution in [0.3, 0.4) is 0 Å². The van der Waals surface area contributed by atoms with Gasteiger partial charge in [-0.25, -0.2) is 17.6 Å². The van der Waals surface area contributed by atoms with E-state index in [2.05, 4.69) is 5.32 Å². The Balaban J connectivity index is 1.49. The number of rotatable bonds is 3. The van der Waals surface area contributed by atoms with Crippen LogP contribution in [0.5, 0.6) is 0 Å². The topological polar surface area (TPSA) is 79.0 Å². The summed E-state index contributed by atoms with van der Waals surface area (Å²) in [6, 6.07) is 12.6. The lowest BCUT2D eigenvalue weighted by Crippen LogP contribution is -2.56. The first-order valence-electron chi connectivity index (χ1n) is 9.86. The van der Waals surface area contributed by atoms with Gasteiger partial charge in [-0.1, -0.05) is 18.2 Å². The molecular formula is C21H24FN3O4S. The van der Waals surface area contributed by atoms with Crippen molar-refractivity contribution >= 4 is 21.7 Å². The molecule has 30 heavy (non-hydrogen) atoms. The first-order chi connectivity index (χ1) is 14.3. The molecule has 1 spiro atoms. The van der Waals surface area contributed by atoms with Crippen LogP contribution in [0, 0.1) is 12.7 Å². The number of benzene rings is 2. The second kappa shape index (κ2) is 7.98. The van der Waals surface area contributed by atoms with Gasteiger partial charge in [0, 0.05) is 38.2 Å². The lowest BCUT2D eigenvalue weighted by Gasteiger charge is -2.42. The zero-order valence-corrected chi connectivity index (χ0v) is 17.5. The fourth-order valence-corrected chi connectivity index (χ4v) is 6.06. The van der Waals surface area contributed by atoms with Crippen LogP contribution >= 0.6 is 0 Å². The summed E-state index contributed by atoms with van der Waals surface area (Å²) in [5.74, 6) is -0.475. The van der Waals surface area contributed by atoms with Crippen LogP contribution < -0.4 is 5.32 Å². The van der Waals surface area contributed by atoms with Gasteiger partial charge >= 0.3 is 6.03 Å². The van der Waals surface area contributed by atoms with E-state index in [0.717, 1.165) is 6.07 Å². The lowest BCUT2D eigenvalue weighted by molar-refractivity contribution is -0.0840. The third-order valence-corrected chi connectivity index (χ3v) is 7.79. The van der Waals surface area contributed by atoms with Gasteiger partial charge in [0.1, 0.15) is 11.5 Å². The van der Waals surface area contributed by atoms with Gasteiger partial charge in [-0.3, -0.25) is 0 Å². The van der Waals surface area contributed by atoms with E-state index in [4.69, 9.17) is 4.74 Å². The van der Waals surface area contributed by atoms with Gasteiger partial charge in [0.15, 0.2) is 0 Å². The molecule has 2 aliphatic rings. The smallest absolute Gasteiger partial charge is 0.321 e. The number of anilines is 1. The predicted molar refractivity (Wildman–Crippen MR) is 110 cm³/mol. The molecule has 0 unspecified atom stereocenters. The second-order valence-electron chi connectivity index (χ2n) is 7.56. The molecule has 9 heteroatoms. The van der Waals surface area contributed by atoms with Gasteiger partial charge in [0.2, 0.25) is 10.0 Å². The van der Waals surface area contributed by atoms with Crippen molar-refractivity contribution in [3.05, 3.63) is 59.9 Å². The van der Waals surface area contributed by atoms with E-state index < -0.39 is 21.6 Å². The van der Waals surface area contributed by atoms with Crippen molar-refractivity contribution in [2.45, 2.75) is 30.4 Å². The van der Waals surface area contributed by atoms with Crippen molar-refractivity contribution < 1.29 is 22.3 Å². The highest BCUT2D eigenvalue weighted by Gasteiger charge is 2.51. The summed E-state index contributed by atoms with van der Waals surface area (Å²) in [7, 11) is -3.86. The Morgan fingerprint density at radius 3 is 2.47 bits per heavy atom. The zero-order valence-electron chi connectivity index (χ0n) is 16.7. The normalized spacial score (nSPS) is 19.2. The van der Waals surface area contributed by atoms with Crippen molar-refractivity contribution in [2.24, 2.45) is 0 Å². The van der Waals surface area contributed by atoms with Crippen molar-refractivity contribution in [1.29, 1.82) is 0 Å². The molecular weight excluding hydrogens is 409 g/mol. The number of nitrogens with zero attached hydrogens (tertiary/aromatic N) is 2. The van der Waals surface area contributed by atoms with E-state index >= 15 is 0 Å². The number of likely N-dealkylation sites (tertiary alicyclic amines) is 1. The summed E-state index contributed by atoms with van der Waals surface area (Å²) in [5.41, 5.74) is 0.0797. The molecule has 7 nitrogen and oxygen atoms in total. The molecule has 4 rings (SSSR count). The highest BCUT2D eigenvalue weighted by Crippen LogP contribution is 2.39. The van der Waals surface area contributed by atoms with Crippen LogP contribution in [0.15, 0.2) is 53.4 Å². The van der Waals surface area contributed by atoms with Crippen molar-refractivity contribution in [1.82, 2.24) is 9.21 Å². The number of ether oxygens (including phenoxy) is 1. The van der Waals surface area contributed by atoms with Crippen molar-refractivity contribution in [3.63, 3.8) is 0 Å². The fourth-order valence-electron chi connectivity index (χ4n) is 4.13. The van der Waals surface area contributed by atoms with E-state index in [-0.39, 0.29) is 24.1 Å². The first-order valence-corrected chi connectivity index (χ1v) is 11.3. The minimum Gasteiger partial charge on any atom is -0.358 e. The Morgan fingerprint density at radius 2 is 1.80 bits per heavy atom. The maximum atomic E-state index is 13.5. The molecule has 0 aliphatic carbocycles. The first kappa shape index (κ1) is 20.8. The molecule has 160 valence electrons. The number of carbonyl (C=O) groups is 1. The SMILES string of the molecule is Cc1cc(F)ccc1S(=O)(=O)N1CCOC12CCN(C(=O)Nc1ccccc1)CC2. The lowest BCUT2D eigenvalue weighted by atomic mass is 10.0. The summed E-state index contributed by atoms with van der Waals surface area (Å²) in [4.78, 5) is 14.3. The fraction of sp³-hybridized carbons (Fsp3) is 0.381. The highest BCUT2D eigenvalue weighted by molar-refractivity contribution is 7.89. The van der Waals surface area contributed by atoms with Crippen LogP contribution in [-0.2, 0) is 14.8 Å². The summed E-state index contributed by atoms with van der Waals surface area (Å²) < 4.78 is 47.4. The molecule has 2 aromatic carbocycles. The molecule has 2 fully saturated rings. The number of piperidine rings is 1. The molecule has 0 atom stereocenters. The predicted octanol–water partition coefficient (Wildman–Crippen LogP) is 3.18. The number of urea groups is 1. The molecule has 2 amide bonds. The van der Waals surface area contributed by atoms with E-state index in [1.54, 1.807) is 11.8 Å². The van der Waals surface area contributed by atoms with Crippen LogP contribution in [0.25, 0.3) is 0 Å². The molecule has 0 bridgehead atoms. The molecule has 2 aliphatic heterocycles. The highest BCUT2D eigenvalue weighted by atomic mass is 32.2. The number of nitrogens with one attached hydrogen (secondary N) is 1. The molecule has 0 aromatic heterocycles. The number of hydrogen-bond donors (Lipinski definition) is 1. The Kier molecular flexibility index (Phi) is 5.52. The van der Waals surface area contributed by atoms with Gasteiger partial charge in [0.25, 0.3) is 0 Å². The number of carbonyl (C=O) groups excluding carboxylic acids is 1. The zero-order chi connectivity index (χ0) is 21.4. The molecule has 2 heterocycles. The number of para-hydroxylation sites is 1. The molecule has 0 radical (unpaired) electrons. The standard InChI is InChI=1S/C21H24FN3O4S/c1-16-15-17(22)7-8-19(16)30(27,28)25-13-14-29-21(25)9-11-24(12-10-21)20(26)23-18-5-3-2-4-6-18/h2-8,15H,9-14H2,1H3,(H,23,26). The van der Waals surface area contributed by atoms with Gasteiger partial charge in [-0.2, -0.15) is 4.31 Å². The third-order valence-electron chi connectivity index (χ3n) is 5.68. The van der Waals surface area contributed by atoms with E-state index in [0.29, 0.717) is 37.2 Å². The Bertz CT molecular complexity index is 1040. The Hall–Kier alpha value is -2.49. The number of hydrogen-bond acceptors (Lipinski definition) is 4. The van der Waals surface area contributed by atoms with Gasteiger partial charge in [0.05, 0.1) is 11.5 Å². The monoisotopic (exact) mass is 433 g/mol. The average molecular weight is 434 g/mol. The molecule has 2 saturated heterocycles. The van der Waals surface area contributed by atoms with Crippen LogP contribution in [0.2, 0.25) is 0 Å². The quantitative estimate of drug-likeness (QED) is 0.807. The number of amides is 2. The largest absolute Gasteiger partial charge is 0.358 e. The Labute approximate surface area is 175 Å². The van der Waals surface area contributed by atoms with Crippen LogP contribution in [-0.4, -0.2) is 55.6 Å². The number of halogens is 1. The van der Waals surface area contributed by atoms with Crippen molar-refractivity contribution in [3.8, 4) is 0 Å².